The number of nitrogens with zero attached hydrogens (tertiary/aromatic N) is 6. The summed E-state index contributed by atoms with van der Waals surface area (Å²) in [7, 11) is 0. The number of anilines is 3. The van der Waals surface area contributed by atoms with E-state index < -0.39 is 11.9 Å². The lowest BCUT2D eigenvalue weighted by Gasteiger charge is -2.40. The van der Waals surface area contributed by atoms with Gasteiger partial charge < -0.3 is 10.6 Å². The van der Waals surface area contributed by atoms with Gasteiger partial charge in [0.1, 0.15) is 17.6 Å². The number of fused-ring (bicyclic) bond motifs is 1. The molecule has 1 atom stereocenters. The van der Waals surface area contributed by atoms with Crippen molar-refractivity contribution in [2.75, 3.05) is 23.7 Å². The van der Waals surface area contributed by atoms with Crippen molar-refractivity contribution in [3.05, 3.63) is 105 Å². The third-order valence-corrected chi connectivity index (χ3v) is 9.21. The molecule has 3 heterocycles. The molecule has 0 amide bonds. The average Bonchev–Trinajstić information content (AvgIpc) is 3.52. The number of halogens is 4. The molecule has 0 saturated carbocycles. The molecule has 46 heavy (non-hydrogen) atoms. The van der Waals surface area contributed by atoms with Gasteiger partial charge in [-0.15, -0.1) is 5.10 Å². The summed E-state index contributed by atoms with van der Waals surface area (Å²) in [6, 6.07) is 17.6. The molecule has 1 fully saturated rings. The highest BCUT2D eigenvalue weighted by Gasteiger charge is 2.29. The minimum Gasteiger partial charge on any atom is -0.373 e. The number of nitrogens with one attached hydrogen (secondary N) is 2. The zero-order valence-electron chi connectivity index (χ0n) is 25.5. The van der Waals surface area contributed by atoms with E-state index in [1.54, 1.807) is 12.1 Å². The first-order chi connectivity index (χ1) is 22.0. The van der Waals surface area contributed by atoms with Crippen molar-refractivity contribution >= 4 is 62.8 Å². The lowest BCUT2D eigenvalue weighted by atomic mass is 9.98. The molecule has 2 N–H and O–H groups in total. The van der Waals surface area contributed by atoms with Gasteiger partial charge in [-0.2, -0.15) is 5.26 Å². The first kappa shape index (κ1) is 32.0. The predicted molar refractivity (Wildman–Crippen MR) is 183 cm³/mol. The van der Waals surface area contributed by atoms with Crippen molar-refractivity contribution in [3.8, 4) is 6.07 Å². The molecule has 3 aromatic carbocycles. The first-order valence-electron chi connectivity index (χ1n) is 14.9. The van der Waals surface area contributed by atoms with Crippen LogP contribution in [0.1, 0.15) is 62.5 Å². The Bertz CT molecular complexity index is 1920. The van der Waals surface area contributed by atoms with Crippen molar-refractivity contribution in [1.82, 2.24) is 24.9 Å². The Kier molecular flexibility index (Phi) is 9.08. The highest BCUT2D eigenvalue weighted by atomic mass is 35.5. The standard InChI is InChI=1S/C34H32Cl3FN8/c1-34(2,3)45-12-10-25(11-13-45)46-19-30(43-44-46)32(20-4-6-22(35)7-5-20)42-24-14-26-31(41-23-8-9-27(36)29(38)16-23)21(17-39)18-40-33(26)28(37)15-24/h4-9,14-16,18-19,25,32,42H,10-13H2,1-3H3,(H,40,41)/t32-/m0/s1. The fraction of sp³-hybridized carbons (Fsp3) is 0.294. The van der Waals surface area contributed by atoms with Crippen LogP contribution in [0.3, 0.4) is 0 Å². The first-order valence-corrected chi connectivity index (χ1v) is 16.1. The molecule has 0 bridgehead atoms. The number of piperidine rings is 1. The second kappa shape index (κ2) is 13.0. The molecule has 1 aliphatic heterocycles. The number of pyridine rings is 1. The van der Waals surface area contributed by atoms with Crippen molar-refractivity contribution in [3.63, 3.8) is 0 Å². The number of hydrogen-bond acceptors (Lipinski definition) is 7. The summed E-state index contributed by atoms with van der Waals surface area (Å²) >= 11 is 18.9. The molecule has 236 valence electrons. The van der Waals surface area contributed by atoms with Crippen LogP contribution in [0.2, 0.25) is 15.1 Å². The molecule has 1 saturated heterocycles. The Morgan fingerprint density at radius 3 is 2.39 bits per heavy atom. The van der Waals surface area contributed by atoms with Crippen LogP contribution in [0.25, 0.3) is 10.9 Å². The summed E-state index contributed by atoms with van der Waals surface area (Å²) in [5, 5.41) is 27.4. The van der Waals surface area contributed by atoms with E-state index in [0.717, 1.165) is 37.2 Å². The fourth-order valence-corrected chi connectivity index (χ4v) is 6.34. The molecule has 1 aliphatic rings. The maximum Gasteiger partial charge on any atom is 0.143 e. The van der Waals surface area contributed by atoms with Crippen molar-refractivity contribution < 1.29 is 4.39 Å². The molecule has 2 aromatic heterocycles. The van der Waals surface area contributed by atoms with Gasteiger partial charge in [0, 0.05) is 46.6 Å². The van der Waals surface area contributed by atoms with Crippen LogP contribution in [-0.4, -0.2) is 43.5 Å². The van der Waals surface area contributed by atoms with Crippen molar-refractivity contribution in [2.45, 2.75) is 51.2 Å². The summed E-state index contributed by atoms with van der Waals surface area (Å²) in [6.07, 6.45) is 5.42. The molecule has 5 aromatic rings. The molecular formula is C34H32Cl3FN8. The van der Waals surface area contributed by atoms with Gasteiger partial charge in [0.15, 0.2) is 0 Å². The SMILES string of the molecule is CC(C)(C)N1CCC(n2cc([C@@H](Nc3cc(Cl)c4ncc(C#N)c(Nc5ccc(Cl)c(F)c5)c4c3)c3ccc(Cl)cc3)nn2)CC1. The number of hydrogen-bond donors (Lipinski definition) is 2. The molecule has 6 rings (SSSR count). The zero-order valence-corrected chi connectivity index (χ0v) is 27.8. The van der Waals surface area contributed by atoms with E-state index in [9.17, 15) is 9.65 Å². The van der Waals surface area contributed by atoms with Crippen LogP contribution in [0, 0.1) is 17.1 Å². The summed E-state index contributed by atoms with van der Waals surface area (Å²) in [5.74, 6) is -0.581. The normalized spacial score (nSPS) is 15.1. The Balaban J connectivity index is 1.36. The molecular weight excluding hydrogens is 646 g/mol. The summed E-state index contributed by atoms with van der Waals surface area (Å²) in [4.78, 5) is 6.95. The maximum absolute atomic E-state index is 14.3. The highest BCUT2D eigenvalue weighted by molar-refractivity contribution is 6.36. The van der Waals surface area contributed by atoms with E-state index in [1.165, 1.54) is 18.3 Å². The van der Waals surface area contributed by atoms with Crippen LogP contribution in [-0.2, 0) is 0 Å². The van der Waals surface area contributed by atoms with Crippen LogP contribution in [0.4, 0.5) is 21.5 Å². The largest absolute Gasteiger partial charge is 0.373 e. The Hall–Kier alpha value is -3.94. The molecule has 12 heteroatoms. The smallest absolute Gasteiger partial charge is 0.143 e. The molecule has 0 radical (unpaired) electrons. The summed E-state index contributed by atoms with van der Waals surface area (Å²) in [5.41, 5.74) is 4.06. The van der Waals surface area contributed by atoms with Gasteiger partial charge >= 0.3 is 0 Å². The second-order valence-electron chi connectivity index (χ2n) is 12.4. The number of likely N-dealkylation sites (tertiary alicyclic amines) is 1. The predicted octanol–water partition coefficient (Wildman–Crippen LogP) is 9.18. The van der Waals surface area contributed by atoms with Crippen LogP contribution >= 0.6 is 34.8 Å². The summed E-state index contributed by atoms with van der Waals surface area (Å²) in [6.45, 7) is 8.73. The maximum atomic E-state index is 14.3. The Labute approximate surface area is 282 Å². The van der Waals surface area contributed by atoms with Gasteiger partial charge in [-0.05, 0) is 81.6 Å². The van der Waals surface area contributed by atoms with Gasteiger partial charge in [0.25, 0.3) is 0 Å². The zero-order chi connectivity index (χ0) is 32.6. The lowest BCUT2D eigenvalue weighted by Crippen LogP contribution is -2.46. The lowest BCUT2D eigenvalue weighted by molar-refractivity contribution is 0.0866. The van der Waals surface area contributed by atoms with Gasteiger partial charge in [-0.3, -0.25) is 9.88 Å². The molecule has 0 spiro atoms. The minimum absolute atomic E-state index is 0.000661. The van der Waals surface area contributed by atoms with E-state index in [4.69, 9.17) is 34.8 Å². The third kappa shape index (κ3) is 6.76. The highest BCUT2D eigenvalue weighted by Crippen LogP contribution is 2.37. The Morgan fingerprint density at radius 2 is 1.72 bits per heavy atom. The van der Waals surface area contributed by atoms with E-state index in [-0.39, 0.29) is 22.2 Å². The van der Waals surface area contributed by atoms with E-state index in [2.05, 4.69) is 57.7 Å². The number of rotatable bonds is 7. The van der Waals surface area contributed by atoms with Crippen LogP contribution < -0.4 is 10.6 Å². The van der Waals surface area contributed by atoms with E-state index in [0.29, 0.717) is 38.0 Å². The van der Waals surface area contributed by atoms with Gasteiger partial charge in [-0.25, -0.2) is 9.07 Å². The van der Waals surface area contributed by atoms with E-state index >= 15 is 0 Å². The minimum atomic E-state index is -0.581. The Morgan fingerprint density at radius 1 is 0.978 bits per heavy atom. The quantitative estimate of drug-likeness (QED) is 0.177. The van der Waals surface area contributed by atoms with Crippen molar-refractivity contribution in [2.24, 2.45) is 0 Å². The van der Waals surface area contributed by atoms with Gasteiger partial charge in [0.2, 0.25) is 0 Å². The number of benzene rings is 3. The van der Waals surface area contributed by atoms with Gasteiger partial charge in [-0.1, -0.05) is 52.1 Å². The molecule has 0 aliphatic carbocycles. The summed E-state index contributed by atoms with van der Waals surface area (Å²) < 4.78 is 16.3. The molecule has 0 unspecified atom stereocenters. The second-order valence-corrected chi connectivity index (χ2v) is 13.7. The number of nitriles is 1. The van der Waals surface area contributed by atoms with E-state index in [1.807, 2.05) is 41.2 Å². The fourth-order valence-electron chi connectivity index (χ4n) is 5.83. The van der Waals surface area contributed by atoms with Crippen LogP contribution in [0.15, 0.2) is 67.0 Å². The van der Waals surface area contributed by atoms with Crippen molar-refractivity contribution in [1.29, 1.82) is 5.26 Å². The monoisotopic (exact) mass is 676 g/mol. The molecule has 8 nitrogen and oxygen atoms in total. The third-order valence-electron chi connectivity index (χ3n) is 8.36. The van der Waals surface area contributed by atoms with Gasteiger partial charge in [0.05, 0.1) is 45.1 Å². The number of aromatic nitrogens is 4. The van der Waals surface area contributed by atoms with Crippen LogP contribution in [0.5, 0.6) is 0 Å². The topological polar surface area (TPSA) is 94.7 Å². The average molecular weight is 678 g/mol.